The average molecular weight is 403 g/mol. The fourth-order valence-electron chi connectivity index (χ4n) is 4.26. The molecule has 0 radical (unpaired) electrons. The van der Waals surface area contributed by atoms with Gasteiger partial charge in [0.25, 0.3) is 5.89 Å². The molecule has 1 aliphatic heterocycles. The van der Waals surface area contributed by atoms with E-state index >= 15 is 0 Å². The fraction of sp³-hybridized carbons (Fsp3) is 0.348. The number of nitrogens with zero attached hydrogens (tertiary/aromatic N) is 4. The minimum atomic E-state index is 0.505. The van der Waals surface area contributed by atoms with E-state index in [1.54, 1.807) is 13.4 Å². The first-order chi connectivity index (χ1) is 14.7. The molecule has 3 heterocycles. The number of hydrogen-bond donors (Lipinski definition) is 1. The molecule has 30 heavy (non-hydrogen) atoms. The van der Waals surface area contributed by atoms with Gasteiger partial charge in [-0.15, -0.1) is 0 Å². The van der Waals surface area contributed by atoms with Gasteiger partial charge in [0.15, 0.2) is 0 Å². The summed E-state index contributed by atoms with van der Waals surface area (Å²) in [6.45, 7) is 3.92. The number of hydrogen-bond acceptors (Lipinski definition) is 6. The van der Waals surface area contributed by atoms with Crippen molar-refractivity contribution in [2.24, 2.45) is 0 Å². The van der Waals surface area contributed by atoms with E-state index in [-0.39, 0.29) is 0 Å². The maximum absolute atomic E-state index is 5.60. The SMILES string of the molecule is COCc1cc(-c2nc(-c3ccc4nc[nH]c4c3)no2)ccc1N1CCCCC1C. The van der Waals surface area contributed by atoms with Crippen LogP contribution in [0.3, 0.4) is 0 Å². The van der Waals surface area contributed by atoms with Crippen molar-refractivity contribution in [1.29, 1.82) is 0 Å². The molecule has 7 heteroatoms. The summed E-state index contributed by atoms with van der Waals surface area (Å²) < 4.78 is 11.1. The number of methoxy groups -OCH3 is 1. The Kier molecular flexibility index (Phi) is 4.96. The third-order valence-electron chi connectivity index (χ3n) is 5.84. The number of aromatic amines is 1. The Morgan fingerprint density at radius 3 is 2.93 bits per heavy atom. The van der Waals surface area contributed by atoms with Crippen molar-refractivity contribution in [2.75, 3.05) is 18.6 Å². The Morgan fingerprint density at radius 2 is 2.07 bits per heavy atom. The predicted octanol–water partition coefficient (Wildman–Crippen LogP) is 4.81. The van der Waals surface area contributed by atoms with Crippen molar-refractivity contribution >= 4 is 16.7 Å². The third kappa shape index (κ3) is 3.45. The average Bonchev–Trinajstić information content (AvgIpc) is 3.44. The molecule has 0 bridgehead atoms. The van der Waals surface area contributed by atoms with Crippen LogP contribution in [-0.2, 0) is 11.3 Å². The number of piperidine rings is 1. The number of aromatic nitrogens is 4. The molecular weight excluding hydrogens is 378 g/mol. The Labute approximate surface area is 175 Å². The molecule has 1 fully saturated rings. The zero-order chi connectivity index (χ0) is 20.5. The molecule has 1 aliphatic rings. The number of anilines is 1. The van der Waals surface area contributed by atoms with Crippen LogP contribution >= 0.6 is 0 Å². The van der Waals surface area contributed by atoms with E-state index in [0.717, 1.165) is 34.3 Å². The molecule has 0 amide bonds. The molecule has 4 aromatic rings. The lowest BCUT2D eigenvalue weighted by Gasteiger charge is -2.36. The summed E-state index contributed by atoms with van der Waals surface area (Å²) in [5.74, 6) is 1.06. The van der Waals surface area contributed by atoms with Crippen molar-refractivity contribution in [3.05, 3.63) is 48.3 Å². The van der Waals surface area contributed by atoms with Crippen molar-refractivity contribution in [3.63, 3.8) is 0 Å². The quantitative estimate of drug-likeness (QED) is 0.515. The zero-order valence-electron chi connectivity index (χ0n) is 17.3. The first kappa shape index (κ1) is 18.8. The highest BCUT2D eigenvalue weighted by Crippen LogP contribution is 2.32. The molecule has 7 nitrogen and oxygen atoms in total. The molecule has 2 aromatic heterocycles. The molecule has 1 atom stereocenters. The smallest absolute Gasteiger partial charge is 0.258 e. The Bertz CT molecular complexity index is 1170. The first-order valence-corrected chi connectivity index (χ1v) is 10.4. The minimum absolute atomic E-state index is 0.505. The number of H-pyrrole nitrogens is 1. The van der Waals surface area contributed by atoms with Crippen LogP contribution in [0, 0.1) is 0 Å². The number of fused-ring (bicyclic) bond motifs is 1. The van der Waals surface area contributed by atoms with Crippen LogP contribution in [0.15, 0.2) is 47.2 Å². The first-order valence-electron chi connectivity index (χ1n) is 10.4. The molecule has 1 N–H and O–H groups in total. The molecule has 5 rings (SSSR count). The van der Waals surface area contributed by atoms with Gasteiger partial charge < -0.3 is 19.1 Å². The summed E-state index contributed by atoms with van der Waals surface area (Å²) in [6.07, 6.45) is 5.43. The second-order valence-corrected chi connectivity index (χ2v) is 7.87. The fourth-order valence-corrected chi connectivity index (χ4v) is 4.26. The largest absolute Gasteiger partial charge is 0.380 e. The summed E-state index contributed by atoms with van der Waals surface area (Å²) in [4.78, 5) is 14.5. The maximum atomic E-state index is 5.60. The lowest BCUT2D eigenvalue weighted by atomic mass is 10.00. The molecule has 154 valence electrons. The van der Waals surface area contributed by atoms with Gasteiger partial charge in [0, 0.05) is 42.1 Å². The second kappa shape index (κ2) is 7.91. The molecule has 0 saturated carbocycles. The highest BCUT2D eigenvalue weighted by atomic mass is 16.5. The summed E-state index contributed by atoms with van der Waals surface area (Å²) in [5, 5.41) is 4.19. The van der Waals surface area contributed by atoms with Crippen LogP contribution in [0.5, 0.6) is 0 Å². The molecular formula is C23H25N5O2. The highest BCUT2D eigenvalue weighted by Gasteiger charge is 2.22. The maximum Gasteiger partial charge on any atom is 0.258 e. The van der Waals surface area contributed by atoms with E-state index in [9.17, 15) is 0 Å². The van der Waals surface area contributed by atoms with Gasteiger partial charge >= 0.3 is 0 Å². The second-order valence-electron chi connectivity index (χ2n) is 7.87. The van der Waals surface area contributed by atoms with Crippen LogP contribution in [0.25, 0.3) is 33.9 Å². The topological polar surface area (TPSA) is 80.1 Å². The Balaban J connectivity index is 1.47. The highest BCUT2D eigenvalue weighted by molar-refractivity contribution is 5.80. The Morgan fingerprint density at radius 1 is 1.17 bits per heavy atom. The lowest BCUT2D eigenvalue weighted by molar-refractivity contribution is 0.185. The van der Waals surface area contributed by atoms with E-state index in [1.165, 1.54) is 24.9 Å². The van der Waals surface area contributed by atoms with Crippen molar-refractivity contribution in [3.8, 4) is 22.8 Å². The summed E-state index contributed by atoms with van der Waals surface area (Å²) in [7, 11) is 1.73. The van der Waals surface area contributed by atoms with Gasteiger partial charge in [-0.05, 0) is 62.6 Å². The number of benzene rings is 2. The van der Waals surface area contributed by atoms with Crippen LogP contribution in [0.1, 0.15) is 31.7 Å². The van der Waals surface area contributed by atoms with Crippen molar-refractivity contribution < 1.29 is 9.26 Å². The van der Waals surface area contributed by atoms with E-state index < -0.39 is 0 Å². The number of nitrogens with one attached hydrogen (secondary N) is 1. The van der Waals surface area contributed by atoms with Gasteiger partial charge in [0.05, 0.1) is 24.0 Å². The lowest BCUT2D eigenvalue weighted by Crippen LogP contribution is -2.38. The van der Waals surface area contributed by atoms with Gasteiger partial charge in [0.2, 0.25) is 5.82 Å². The standard InChI is InChI=1S/C23H25N5O2/c1-15-5-3-4-10-28(15)21-9-7-17(11-18(21)13-29-2)23-26-22(27-30-23)16-6-8-19-20(12-16)25-14-24-19/h6-9,11-12,14-15H,3-5,10,13H2,1-2H3,(H,24,25). The van der Waals surface area contributed by atoms with Crippen molar-refractivity contribution in [1.82, 2.24) is 20.1 Å². The van der Waals surface area contributed by atoms with Gasteiger partial charge in [-0.25, -0.2) is 4.98 Å². The predicted molar refractivity (Wildman–Crippen MR) is 116 cm³/mol. The van der Waals surface area contributed by atoms with E-state index in [4.69, 9.17) is 9.26 Å². The van der Waals surface area contributed by atoms with E-state index in [2.05, 4.69) is 50.1 Å². The Hall–Kier alpha value is -3.19. The van der Waals surface area contributed by atoms with Crippen LogP contribution in [0.4, 0.5) is 5.69 Å². The van der Waals surface area contributed by atoms with Gasteiger partial charge in [0.1, 0.15) is 0 Å². The number of imidazole rings is 1. The third-order valence-corrected chi connectivity index (χ3v) is 5.84. The number of rotatable bonds is 5. The summed E-state index contributed by atoms with van der Waals surface area (Å²) in [5.41, 5.74) is 6.02. The van der Waals surface area contributed by atoms with Crippen LogP contribution in [-0.4, -0.2) is 39.8 Å². The molecule has 2 aromatic carbocycles. The van der Waals surface area contributed by atoms with E-state index in [1.807, 2.05) is 18.2 Å². The zero-order valence-corrected chi connectivity index (χ0v) is 17.3. The molecule has 0 spiro atoms. The van der Waals surface area contributed by atoms with Crippen molar-refractivity contribution in [2.45, 2.75) is 38.8 Å². The molecule has 1 saturated heterocycles. The summed E-state index contributed by atoms with van der Waals surface area (Å²) >= 11 is 0. The normalized spacial score (nSPS) is 17.0. The molecule has 1 unspecified atom stereocenters. The van der Waals surface area contributed by atoms with Crippen LogP contribution < -0.4 is 4.90 Å². The van der Waals surface area contributed by atoms with Crippen LogP contribution in [0.2, 0.25) is 0 Å². The monoisotopic (exact) mass is 403 g/mol. The van der Waals surface area contributed by atoms with Gasteiger partial charge in [-0.2, -0.15) is 4.98 Å². The van der Waals surface area contributed by atoms with Gasteiger partial charge in [-0.1, -0.05) is 5.16 Å². The summed E-state index contributed by atoms with van der Waals surface area (Å²) in [6, 6.07) is 12.7. The minimum Gasteiger partial charge on any atom is -0.380 e. The number of ether oxygens (including phenoxy) is 1. The van der Waals surface area contributed by atoms with Gasteiger partial charge in [-0.3, -0.25) is 0 Å². The molecule has 0 aliphatic carbocycles. The van der Waals surface area contributed by atoms with E-state index in [0.29, 0.717) is 24.4 Å².